The van der Waals surface area contributed by atoms with Crippen molar-refractivity contribution in [2.75, 3.05) is 4.72 Å². The summed E-state index contributed by atoms with van der Waals surface area (Å²) in [5, 5.41) is 2.68. The molecule has 2 N–H and O–H groups in total. The predicted octanol–water partition coefficient (Wildman–Crippen LogP) is 5.41. The van der Waals surface area contributed by atoms with Crippen molar-refractivity contribution < 1.29 is 22.0 Å². The molecule has 1 aromatic heterocycles. The summed E-state index contributed by atoms with van der Waals surface area (Å²) in [7, 11) is -4.15. The van der Waals surface area contributed by atoms with Crippen molar-refractivity contribution in [2.45, 2.75) is 51.2 Å². The summed E-state index contributed by atoms with van der Waals surface area (Å²) in [6.07, 6.45) is 4.07. The number of aryl methyl sites for hydroxylation is 1. The number of aromatic nitrogens is 2. The molecule has 0 saturated carbocycles. The molecule has 0 bridgehead atoms. The van der Waals surface area contributed by atoms with E-state index in [0.717, 1.165) is 0 Å². The van der Waals surface area contributed by atoms with Crippen molar-refractivity contribution in [3.8, 4) is 0 Å². The average Bonchev–Trinajstić information content (AvgIpc) is 2.83. The molecule has 0 fully saturated rings. The molecular formula is C26H28F2N4O3S. The molecule has 0 saturated heterocycles. The van der Waals surface area contributed by atoms with E-state index in [9.17, 15) is 22.0 Å². The molecule has 190 valence electrons. The van der Waals surface area contributed by atoms with Crippen molar-refractivity contribution in [3.63, 3.8) is 0 Å². The number of halogens is 2. The van der Waals surface area contributed by atoms with E-state index in [1.165, 1.54) is 49.7 Å². The van der Waals surface area contributed by atoms with Gasteiger partial charge in [-0.3, -0.25) is 19.5 Å². The van der Waals surface area contributed by atoms with E-state index >= 15 is 0 Å². The van der Waals surface area contributed by atoms with Crippen LogP contribution >= 0.6 is 0 Å². The number of allylic oxidation sites excluding steroid dienone is 3. The van der Waals surface area contributed by atoms with E-state index < -0.39 is 34.0 Å². The third kappa shape index (κ3) is 6.31. The highest BCUT2D eigenvalue weighted by molar-refractivity contribution is 7.93. The lowest BCUT2D eigenvalue weighted by Crippen LogP contribution is -2.36. The number of nitrogens with zero attached hydrogens (tertiary/aromatic N) is 2. The fraction of sp³-hybridized carbons (Fsp3) is 0.269. The van der Waals surface area contributed by atoms with E-state index in [4.69, 9.17) is 0 Å². The molecule has 0 aliphatic carbocycles. The van der Waals surface area contributed by atoms with Crippen LogP contribution in [0.1, 0.15) is 43.1 Å². The maximum Gasteiger partial charge on any atom is 0.264 e. The first-order valence-electron chi connectivity index (χ1n) is 11.4. The highest BCUT2D eigenvalue weighted by Gasteiger charge is 2.24. The van der Waals surface area contributed by atoms with Gasteiger partial charge in [-0.15, -0.1) is 0 Å². The van der Waals surface area contributed by atoms with Crippen LogP contribution in [0.4, 0.5) is 14.5 Å². The first kappa shape index (κ1) is 26.9. The molecule has 1 heterocycles. The Morgan fingerprint density at radius 1 is 1.11 bits per heavy atom. The zero-order chi connectivity index (χ0) is 26.5. The molecule has 0 spiro atoms. The number of sulfonamides is 1. The third-order valence-electron chi connectivity index (χ3n) is 5.52. The summed E-state index contributed by atoms with van der Waals surface area (Å²) in [6, 6.07) is 8.50. The number of nitrogens with one attached hydrogen (secondary N) is 2. The Kier molecular flexibility index (Phi) is 8.52. The number of fused-ring (bicyclic) bond motifs is 1. The van der Waals surface area contributed by atoms with Gasteiger partial charge < -0.3 is 5.32 Å². The van der Waals surface area contributed by atoms with Gasteiger partial charge in [0.05, 0.1) is 28.6 Å². The predicted molar refractivity (Wildman–Crippen MR) is 137 cm³/mol. The standard InChI is InChI=1S/C26H28F2N4O3S/c1-5-19(28)10-12-20(17(3)27)18(4)31-26(33)21-11-9-16(2)15-23(21)32-36(34,35)24-8-6-7-22-25(24)30-14-13-29-22/h6-15,17-18,32H,5H2,1-4H3,(H,31,33)/b19-10+,20-12+/t17?,18-/m1/s1. The molecule has 2 aromatic carbocycles. The minimum absolute atomic E-state index is 0.0449. The number of carbonyl (C=O) groups excluding carboxylic acids is 1. The van der Waals surface area contributed by atoms with Gasteiger partial charge in [0.25, 0.3) is 15.9 Å². The van der Waals surface area contributed by atoms with Crippen molar-refractivity contribution in [2.24, 2.45) is 0 Å². The largest absolute Gasteiger partial charge is 0.346 e. The fourth-order valence-electron chi connectivity index (χ4n) is 3.61. The Bertz CT molecular complexity index is 1430. The minimum atomic E-state index is -4.15. The van der Waals surface area contributed by atoms with E-state index in [-0.39, 0.29) is 33.7 Å². The van der Waals surface area contributed by atoms with Crippen LogP contribution in [0, 0.1) is 6.92 Å². The van der Waals surface area contributed by atoms with Crippen molar-refractivity contribution in [1.29, 1.82) is 0 Å². The summed E-state index contributed by atoms with van der Waals surface area (Å²) in [5.41, 5.74) is 1.59. The van der Waals surface area contributed by atoms with Gasteiger partial charge in [-0.1, -0.05) is 25.1 Å². The van der Waals surface area contributed by atoms with E-state index in [0.29, 0.717) is 11.1 Å². The smallest absolute Gasteiger partial charge is 0.264 e. The van der Waals surface area contributed by atoms with Gasteiger partial charge in [0, 0.05) is 12.4 Å². The SMILES string of the molecule is CC/C(F)=C\C=C(/C(C)F)[C@@H](C)NC(=O)c1ccc(C)cc1NS(=O)(=O)c1cccc2nccnc12. The van der Waals surface area contributed by atoms with Crippen LogP contribution in [0.3, 0.4) is 0 Å². The normalized spacial score (nSPS) is 14.4. The number of alkyl halides is 1. The molecule has 36 heavy (non-hydrogen) atoms. The van der Waals surface area contributed by atoms with Crippen LogP contribution in [0.5, 0.6) is 0 Å². The Morgan fingerprint density at radius 3 is 2.53 bits per heavy atom. The Balaban J connectivity index is 1.94. The van der Waals surface area contributed by atoms with Crippen LogP contribution in [-0.2, 0) is 10.0 Å². The maximum absolute atomic E-state index is 14.2. The number of anilines is 1. The van der Waals surface area contributed by atoms with Crippen LogP contribution in [0.2, 0.25) is 0 Å². The highest BCUT2D eigenvalue weighted by atomic mass is 32.2. The van der Waals surface area contributed by atoms with Gasteiger partial charge in [-0.2, -0.15) is 0 Å². The average molecular weight is 515 g/mol. The van der Waals surface area contributed by atoms with Crippen molar-refractivity contribution >= 4 is 32.7 Å². The summed E-state index contributed by atoms with van der Waals surface area (Å²) >= 11 is 0. The quantitative estimate of drug-likeness (QED) is 0.372. The van der Waals surface area contributed by atoms with Crippen LogP contribution < -0.4 is 10.0 Å². The lowest BCUT2D eigenvalue weighted by atomic mass is 10.0. The number of rotatable bonds is 9. The molecule has 1 amide bonds. The number of carbonyl (C=O) groups is 1. The first-order valence-corrected chi connectivity index (χ1v) is 12.9. The second-order valence-electron chi connectivity index (χ2n) is 8.28. The van der Waals surface area contributed by atoms with Gasteiger partial charge in [0.1, 0.15) is 16.6 Å². The number of benzene rings is 2. The second-order valence-corrected chi connectivity index (χ2v) is 9.93. The van der Waals surface area contributed by atoms with Crippen LogP contribution in [-0.4, -0.2) is 36.5 Å². The zero-order valence-corrected chi connectivity index (χ0v) is 21.2. The lowest BCUT2D eigenvalue weighted by Gasteiger charge is -2.20. The summed E-state index contributed by atoms with van der Waals surface area (Å²) < 4.78 is 56.8. The van der Waals surface area contributed by atoms with Crippen LogP contribution in [0.15, 0.2) is 77.2 Å². The molecule has 3 aromatic rings. The monoisotopic (exact) mass is 514 g/mol. The van der Waals surface area contributed by atoms with Gasteiger partial charge in [0.15, 0.2) is 0 Å². The highest BCUT2D eigenvalue weighted by Crippen LogP contribution is 2.25. The molecule has 10 heteroatoms. The molecule has 0 aliphatic heterocycles. The summed E-state index contributed by atoms with van der Waals surface area (Å²) in [6.45, 7) is 6.26. The van der Waals surface area contributed by atoms with E-state index in [1.807, 2.05) is 0 Å². The van der Waals surface area contributed by atoms with Gasteiger partial charge in [0.2, 0.25) is 0 Å². The topological polar surface area (TPSA) is 101 Å². The summed E-state index contributed by atoms with van der Waals surface area (Å²) in [4.78, 5) is 21.3. The van der Waals surface area contributed by atoms with Gasteiger partial charge in [-0.05, 0) is 68.7 Å². The molecule has 0 radical (unpaired) electrons. The molecular weight excluding hydrogens is 486 g/mol. The number of hydrogen-bond acceptors (Lipinski definition) is 5. The minimum Gasteiger partial charge on any atom is -0.346 e. The van der Waals surface area contributed by atoms with Crippen LogP contribution in [0.25, 0.3) is 11.0 Å². The summed E-state index contributed by atoms with van der Waals surface area (Å²) in [5.74, 6) is -1.04. The first-order chi connectivity index (χ1) is 17.0. The Labute approximate surface area is 209 Å². The van der Waals surface area contributed by atoms with E-state index in [2.05, 4.69) is 20.0 Å². The molecule has 3 rings (SSSR count). The van der Waals surface area contributed by atoms with Crippen molar-refractivity contribution in [3.05, 3.63) is 83.5 Å². The zero-order valence-electron chi connectivity index (χ0n) is 20.4. The Hall–Kier alpha value is -3.66. The molecule has 0 aliphatic rings. The Morgan fingerprint density at radius 2 is 1.83 bits per heavy atom. The van der Waals surface area contributed by atoms with Crippen molar-refractivity contribution in [1.82, 2.24) is 15.3 Å². The lowest BCUT2D eigenvalue weighted by molar-refractivity contribution is 0.0944. The van der Waals surface area contributed by atoms with Gasteiger partial charge >= 0.3 is 0 Å². The molecule has 1 unspecified atom stereocenters. The molecule has 7 nitrogen and oxygen atoms in total. The molecule has 2 atom stereocenters. The third-order valence-corrected chi connectivity index (χ3v) is 6.91. The van der Waals surface area contributed by atoms with E-state index in [1.54, 1.807) is 39.0 Å². The fourth-order valence-corrected chi connectivity index (χ4v) is 4.84. The number of amides is 1. The number of hydrogen-bond donors (Lipinski definition) is 2. The maximum atomic E-state index is 14.2. The second kappa shape index (κ2) is 11.4. The number of para-hydroxylation sites is 1. The van der Waals surface area contributed by atoms with Gasteiger partial charge in [-0.25, -0.2) is 17.2 Å².